The highest BCUT2D eigenvalue weighted by atomic mass is 16.2. The Morgan fingerprint density at radius 1 is 1.32 bits per heavy atom. The van der Waals surface area contributed by atoms with Crippen LogP contribution in [0, 0.1) is 5.92 Å². The molecule has 0 aliphatic heterocycles. The molecule has 108 valence electrons. The second-order valence-corrected chi connectivity index (χ2v) is 5.32. The molecule has 0 saturated carbocycles. The van der Waals surface area contributed by atoms with Crippen LogP contribution in [0.4, 0.5) is 0 Å². The van der Waals surface area contributed by atoms with Gasteiger partial charge in [-0.3, -0.25) is 4.79 Å². The molecule has 1 heterocycles. The maximum atomic E-state index is 11.7. The van der Waals surface area contributed by atoms with E-state index in [1.54, 1.807) is 6.20 Å². The van der Waals surface area contributed by atoms with E-state index in [4.69, 9.17) is 0 Å². The molecule has 1 rings (SSSR count). The number of amides is 1. The second-order valence-electron chi connectivity index (χ2n) is 5.32. The lowest BCUT2D eigenvalue weighted by atomic mass is 10.2. The molecule has 1 unspecified atom stereocenters. The third-order valence-electron chi connectivity index (χ3n) is 2.93. The van der Waals surface area contributed by atoms with Crippen molar-refractivity contribution >= 4 is 5.91 Å². The van der Waals surface area contributed by atoms with E-state index < -0.39 is 0 Å². The Bertz CT molecular complexity index is 348. The van der Waals surface area contributed by atoms with Gasteiger partial charge in [-0.2, -0.15) is 0 Å². The second kappa shape index (κ2) is 8.69. The summed E-state index contributed by atoms with van der Waals surface area (Å²) < 4.78 is 2.07. The summed E-state index contributed by atoms with van der Waals surface area (Å²) >= 11 is 0. The minimum absolute atomic E-state index is 0.0864. The molecule has 0 radical (unpaired) electrons. The number of unbranched alkanes of at least 4 members (excludes halogenated alkanes) is 1. The van der Waals surface area contributed by atoms with Crippen molar-refractivity contribution in [3.05, 3.63) is 18.7 Å². The van der Waals surface area contributed by atoms with E-state index in [1.165, 1.54) is 0 Å². The molecule has 1 aromatic rings. The smallest absolute Gasteiger partial charge is 0.236 e. The number of rotatable bonds is 9. The summed E-state index contributed by atoms with van der Waals surface area (Å²) in [6.07, 6.45) is 7.73. The fourth-order valence-corrected chi connectivity index (χ4v) is 1.71. The third kappa shape index (κ3) is 6.96. The first-order chi connectivity index (χ1) is 9.09. The van der Waals surface area contributed by atoms with Crippen LogP contribution in [0.1, 0.15) is 33.6 Å². The Kier molecular flexibility index (Phi) is 7.18. The Hall–Kier alpha value is -1.36. The average Bonchev–Trinajstić information content (AvgIpc) is 2.88. The van der Waals surface area contributed by atoms with E-state index in [2.05, 4.69) is 34.0 Å². The highest BCUT2D eigenvalue weighted by molar-refractivity contribution is 5.81. The van der Waals surface area contributed by atoms with E-state index in [9.17, 15) is 4.79 Å². The van der Waals surface area contributed by atoms with Crippen LogP contribution in [0.5, 0.6) is 0 Å². The summed E-state index contributed by atoms with van der Waals surface area (Å²) in [5.41, 5.74) is 0. The molecule has 0 aliphatic rings. The summed E-state index contributed by atoms with van der Waals surface area (Å²) in [5, 5.41) is 6.18. The first kappa shape index (κ1) is 15.7. The first-order valence-electron chi connectivity index (χ1n) is 7.06. The van der Waals surface area contributed by atoms with Crippen molar-refractivity contribution in [3.63, 3.8) is 0 Å². The lowest BCUT2D eigenvalue weighted by Gasteiger charge is -2.15. The Morgan fingerprint density at radius 3 is 2.74 bits per heavy atom. The zero-order valence-corrected chi connectivity index (χ0v) is 12.2. The maximum absolute atomic E-state index is 11.7. The van der Waals surface area contributed by atoms with Gasteiger partial charge >= 0.3 is 0 Å². The van der Waals surface area contributed by atoms with Crippen molar-refractivity contribution in [2.45, 2.75) is 46.2 Å². The van der Waals surface area contributed by atoms with Crippen molar-refractivity contribution in [1.29, 1.82) is 0 Å². The standard InChI is InChI=1S/C14H26N4O/c1-12(2)10-17-14(19)13(3)16-6-4-5-8-18-9-7-15-11-18/h7,9,11-13,16H,4-6,8,10H2,1-3H3,(H,17,19). The molecule has 5 heteroatoms. The number of nitrogens with one attached hydrogen (secondary N) is 2. The van der Waals surface area contributed by atoms with Gasteiger partial charge in [0.05, 0.1) is 12.4 Å². The lowest BCUT2D eigenvalue weighted by Crippen LogP contribution is -2.43. The van der Waals surface area contributed by atoms with Crippen LogP contribution in [0.3, 0.4) is 0 Å². The molecule has 5 nitrogen and oxygen atoms in total. The monoisotopic (exact) mass is 266 g/mol. The van der Waals surface area contributed by atoms with E-state index in [0.29, 0.717) is 5.92 Å². The summed E-state index contributed by atoms with van der Waals surface area (Å²) in [6, 6.07) is -0.119. The SMILES string of the molecule is CC(C)CNC(=O)C(C)NCCCCn1ccnc1. The number of hydrogen-bond acceptors (Lipinski definition) is 3. The molecule has 0 saturated heterocycles. The van der Waals surface area contributed by atoms with Gasteiger partial charge in [0.2, 0.25) is 5.91 Å². The summed E-state index contributed by atoms with van der Waals surface area (Å²) in [4.78, 5) is 15.7. The van der Waals surface area contributed by atoms with Gasteiger partial charge < -0.3 is 15.2 Å². The van der Waals surface area contributed by atoms with Gasteiger partial charge in [0.25, 0.3) is 0 Å². The number of imidazole rings is 1. The molecule has 0 bridgehead atoms. The fourth-order valence-electron chi connectivity index (χ4n) is 1.71. The zero-order valence-electron chi connectivity index (χ0n) is 12.2. The van der Waals surface area contributed by atoms with Crippen LogP contribution in [-0.4, -0.2) is 34.6 Å². The molecule has 0 aliphatic carbocycles. The number of nitrogens with zero attached hydrogens (tertiary/aromatic N) is 2. The molecule has 2 N–H and O–H groups in total. The van der Waals surface area contributed by atoms with Crippen LogP contribution < -0.4 is 10.6 Å². The van der Waals surface area contributed by atoms with E-state index in [0.717, 1.165) is 32.5 Å². The van der Waals surface area contributed by atoms with Gasteiger partial charge in [0, 0.05) is 25.5 Å². The van der Waals surface area contributed by atoms with Gasteiger partial charge in [-0.25, -0.2) is 4.98 Å². The van der Waals surface area contributed by atoms with Gasteiger partial charge in [-0.15, -0.1) is 0 Å². The predicted octanol–water partition coefficient (Wildman–Crippen LogP) is 1.41. The largest absolute Gasteiger partial charge is 0.354 e. The van der Waals surface area contributed by atoms with Crippen LogP contribution in [0.15, 0.2) is 18.7 Å². The number of carbonyl (C=O) groups is 1. The van der Waals surface area contributed by atoms with Crippen LogP contribution in [-0.2, 0) is 11.3 Å². The fraction of sp³-hybridized carbons (Fsp3) is 0.714. The van der Waals surface area contributed by atoms with E-state index >= 15 is 0 Å². The normalized spacial score (nSPS) is 12.6. The molecule has 0 fully saturated rings. The highest BCUT2D eigenvalue weighted by Gasteiger charge is 2.11. The van der Waals surface area contributed by atoms with Crippen LogP contribution in [0.2, 0.25) is 0 Å². The molecule has 1 amide bonds. The highest BCUT2D eigenvalue weighted by Crippen LogP contribution is 1.95. The Balaban J connectivity index is 2.03. The van der Waals surface area contributed by atoms with E-state index in [1.807, 2.05) is 19.4 Å². The summed E-state index contributed by atoms with van der Waals surface area (Å²) in [7, 11) is 0. The zero-order chi connectivity index (χ0) is 14.1. The number of carbonyl (C=O) groups excluding carboxylic acids is 1. The Morgan fingerprint density at radius 2 is 2.11 bits per heavy atom. The number of hydrogen-bond donors (Lipinski definition) is 2. The molecule has 0 aromatic carbocycles. The van der Waals surface area contributed by atoms with Crippen molar-refractivity contribution in [2.24, 2.45) is 5.92 Å². The minimum atomic E-state index is -0.119. The summed E-state index contributed by atoms with van der Waals surface area (Å²) in [6.45, 7) is 8.68. The van der Waals surface area contributed by atoms with Crippen LogP contribution >= 0.6 is 0 Å². The quantitative estimate of drug-likeness (QED) is 0.665. The molecular weight excluding hydrogens is 240 g/mol. The summed E-state index contributed by atoms with van der Waals surface area (Å²) in [5.74, 6) is 0.578. The predicted molar refractivity (Wildman–Crippen MR) is 76.8 cm³/mol. The van der Waals surface area contributed by atoms with Gasteiger partial charge in [-0.05, 0) is 32.2 Å². The van der Waals surface area contributed by atoms with Crippen molar-refractivity contribution < 1.29 is 4.79 Å². The third-order valence-corrected chi connectivity index (χ3v) is 2.93. The van der Waals surface area contributed by atoms with E-state index in [-0.39, 0.29) is 11.9 Å². The Labute approximate surface area is 115 Å². The van der Waals surface area contributed by atoms with Crippen LogP contribution in [0.25, 0.3) is 0 Å². The lowest BCUT2D eigenvalue weighted by molar-refractivity contribution is -0.122. The molecule has 19 heavy (non-hydrogen) atoms. The molecule has 1 aromatic heterocycles. The average molecular weight is 266 g/mol. The molecular formula is C14H26N4O. The number of aryl methyl sites for hydroxylation is 1. The minimum Gasteiger partial charge on any atom is -0.354 e. The van der Waals surface area contributed by atoms with Crippen molar-refractivity contribution in [3.8, 4) is 0 Å². The molecule has 0 spiro atoms. The topological polar surface area (TPSA) is 59.0 Å². The van der Waals surface area contributed by atoms with Gasteiger partial charge in [-0.1, -0.05) is 13.8 Å². The first-order valence-corrected chi connectivity index (χ1v) is 7.06. The van der Waals surface area contributed by atoms with Gasteiger partial charge in [0.1, 0.15) is 0 Å². The van der Waals surface area contributed by atoms with Crippen molar-refractivity contribution in [2.75, 3.05) is 13.1 Å². The van der Waals surface area contributed by atoms with Crippen molar-refractivity contribution in [1.82, 2.24) is 20.2 Å². The number of aromatic nitrogens is 2. The molecule has 1 atom stereocenters. The van der Waals surface area contributed by atoms with Gasteiger partial charge in [0.15, 0.2) is 0 Å². The maximum Gasteiger partial charge on any atom is 0.236 e.